The zero-order valence-electron chi connectivity index (χ0n) is 14.3. The van der Waals surface area contributed by atoms with Crippen LogP contribution in [-0.2, 0) is 0 Å². The van der Waals surface area contributed by atoms with Gasteiger partial charge in [0.2, 0.25) is 5.89 Å². The quantitative estimate of drug-likeness (QED) is 0.360. The van der Waals surface area contributed by atoms with E-state index in [9.17, 15) is 4.79 Å². The second-order valence-electron chi connectivity index (χ2n) is 6.11. The average molecular weight is 450 g/mol. The van der Waals surface area contributed by atoms with E-state index < -0.39 is 0 Å². The van der Waals surface area contributed by atoms with E-state index >= 15 is 0 Å². The Labute approximate surface area is 172 Å². The Kier molecular flexibility index (Phi) is 4.18. The number of amides is 1. The normalized spacial score (nSPS) is 11.2. The minimum absolute atomic E-state index is 0.230. The summed E-state index contributed by atoms with van der Waals surface area (Å²) in [7, 11) is 0. The lowest BCUT2D eigenvalue weighted by Gasteiger charge is -2.07. The third kappa shape index (κ3) is 2.98. The zero-order valence-corrected chi connectivity index (χ0v) is 16.8. The number of fused-ring (bicyclic) bond motifs is 2. The second kappa shape index (κ2) is 6.85. The predicted molar refractivity (Wildman–Crippen MR) is 115 cm³/mol. The zero-order chi connectivity index (χ0) is 19.1. The van der Waals surface area contributed by atoms with Gasteiger partial charge in [-0.1, -0.05) is 30.3 Å². The number of benzene rings is 2. The lowest BCUT2D eigenvalue weighted by atomic mass is 10.2. The van der Waals surface area contributed by atoms with E-state index in [0.29, 0.717) is 27.6 Å². The van der Waals surface area contributed by atoms with Crippen LogP contribution in [0.15, 0.2) is 75.1 Å². The van der Waals surface area contributed by atoms with Crippen molar-refractivity contribution in [3.05, 3.63) is 75.5 Å². The van der Waals surface area contributed by atoms with Crippen molar-refractivity contribution in [2.45, 2.75) is 0 Å². The molecule has 3 aromatic heterocycles. The van der Waals surface area contributed by atoms with E-state index in [1.165, 1.54) is 11.3 Å². The number of aromatic nitrogens is 2. The minimum Gasteiger partial charge on any atom is -0.436 e. The van der Waals surface area contributed by atoms with Gasteiger partial charge in [0.05, 0.1) is 20.6 Å². The van der Waals surface area contributed by atoms with Gasteiger partial charge >= 0.3 is 0 Å². The topological polar surface area (TPSA) is 68.0 Å². The number of hydrogen-bond acceptors (Lipinski definition) is 5. The summed E-state index contributed by atoms with van der Waals surface area (Å²) >= 11 is 4.81. The van der Waals surface area contributed by atoms with Gasteiger partial charge in [0, 0.05) is 11.6 Å². The Morgan fingerprint density at radius 1 is 1.07 bits per heavy atom. The molecule has 5 rings (SSSR count). The van der Waals surface area contributed by atoms with Crippen molar-refractivity contribution in [1.29, 1.82) is 0 Å². The summed E-state index contributed by atoms with van der Waals surface area (Å²) in [6.07, 6.45) is 1.71. The Hall–Kier alpha value is -3.03. The largest absolute Gasteiger partial charge is 0.436 e. The molecule has 0 saturated carbocycles. The maximum Gasteiger partial charge on any atom is 0.266 e. The minimum atomic E-state index is -0.230. The first-order valence-electron chi connectivity index (χ1n) is 8.49. The fourth-order valence-electron chi connectivity index (χ4n) is 3.06. The summed E-state index contributed by atoms with van der Waals surface area (Å²) in [5, 5.41) is 3.94. The van der Waals surface area contributed by atoms with Crippen LogP contribution in [-0.4, -0.2) is 15.9 Å². The molecule has 1 amide bonds. The average Bonchev–Trinajstić information content (AvgIpc) is 3.31. The fourth-order valence-corrected chi connectivity index (χ4v) is 4.55. The van der Waals surface area contributed by atoms with Crippen molar-refractivity contribution in [1.82, 2.24) is 9.97 Å². The maximum absolute atomic E-state index is 13.1. The number of hydrogen-bond donors (Lipinski definition) is 1. The third-order valence-electron chi connectivity index (χ3n) is 4.31. The van der Waals surface area contributed by atoms with Crippen LogP contribution in [0.25, 0.3) is 33.5 Å². The fraction of sp³-hybridized carbons (Fsp3) is 0. The molecule has 1 N–H and O–H groups in total. The molecule has 7 heteroatoms. The van der Waals surface area contributed by atoms with Gasteiger partial charge in [-0.15, -0.1) is 11.3 Å². The first-order valence-corrected chi connectivity index (χ1v) is 10.1. The molecule has 5 nitrogen and oxygen atoms in total. The number of halogens is 1. The number of pyridine rings is 1. The molecule has 136 valence electrons. The van der Waals surface area contributed by atoms with Crippen LogP contribution in [0.5, 0.6) is 0 Å². The Bertz CT molecular complexity index is 1300. The van der Waals surface area contributed by atoms with Crippen LogP contribution in [0.3, 0.4) is 0 Å². The molecule has 2 aromatic carbocycles. The molecule has 0 aliphatic rings. The van der Waals surface area contributed by atoms with Crippen molar-refractivity contribution in [3.8, 4) is 11.5 Å². The molecule has 0 atom stereocenters. The van der Waals surface area contributed by atoms with Gasteiger partial charge in [0.1, 0.15) is 10.4 Å². The highest BCUT2D eigenvalue weighted by atomic mass is 79.9. The monoisotopic (exact) mass is 449 g/mol. The summed E-state index contributed by atoms with van der Waals surface area (Å²) in [6.45, 7) is 0. The summed E-state index contributed by atoms with van der Waals surface area (Å²) in [5.74, 6) is 0.190. The van der Waals surface area contributed by atoms with Gasteiger partial charge in [-0.05, 0) is 46.3 Å². The summed E-state index contributed by atoms with van der Waals surface area (Å²) in [5.41, 5.74) is 3.50. The highest BCUT2D eigenvalue weighted by Gasteiger charge is 2.21. The van der Waals surface area contributed by atoms with E-state index in [-0.39, 0.29) is 5.91 Å². The molecule has 0 aliphatic carbocycles. The SMILES string of the molecule is O=C(Nc1cccc2cccnc12)c1sc(Br)cc1-c1nc2ccccc2o1. The van der Waals surface area contributed by atoms with Gasteiger partial charge in [-0.3, -0.25) is 9.78 Å². The first kappa shape index (κ1) is 17.1. The Morgan fingerprint density at radius 3 is 2.82 bits per heavy atom. The van der Waals surface area contributed by atoms with Crippen LogP contribution in [0.1, 0.15) is 9.67 Å². The second-order valence-corrected chi connectivity index (χ2v) is 8.55. The molecule has 5 aromatic rings. The van der Waals surface area contributed by atoms with E-state index in [1.54, 1.807) is 6.20 Å². The number of nitrogens with zero attached hydrogens (tertiary/aromatic N) is 2. The van der Waals surface area contributed by atoms with E-state index in [0.717, 1.165) is 20.2 Å². The maximum atomic E-state index is 13.1. The number of anilines is 1. The first-order chi connectivity index (χ1) is 13.7. The number of rotatable bonds is 3. The number of nitrogens with one attached hydrogen (secondary N) is 1. The Morgan fingerprint density at radius 2 is 1.93 bits per heavy atom. The van der Waals surface area contributed by atoms with Gasteiger partial charge in [-0.2, -0.15) is 0 Å². The molecule has 0 aliphatic heterocycles. The molecule has 0 unspecified atom stereocenters. The summed E-state index contributed by atoms with van der Waals surface area (Å²) in [6, 6.07) is 18.9. The molecule has 0 bridgehead atoms. The predicted octanol–water partition coefficient (Wildman–Crippen LogP) is 6.12. The number of carbonyl (C=O) groups excluding carboxylic acids is 1. The standard InChI is InChI=1S/C21H12BrN3O2S/c22-17-11-13(21-25-14-7-1-2-9-16(14)27-21)19(28-17)20(26)24-15-8-3-5-12-6-4-10-23-18(12)15/h1-11H,(H,24,26). The number of carbonyl (C=O) groups is 1. The van der Waals surface area contributed by atoms with Crippen molar-refractivity contribution >= 4 is 60.9 Å². The third-order valence-corrected chi connectivity index (χ3v) is 5.95. The molecular formula is C21H12BrN3O2S. The van der Waals surface area contributed by atoms with Crippen molar-refractivity contribution in [2.24, 2.45) is 0 Å². The van der Waals surface area contributed by atoms with Gasteiger partial charge in [0.15, 0.2) is 5.58 Å². The number of para-hydroxylation sites is 3. The van der Waals surface area contributed by atoms with Crippen LogP contribution >= 0.6 is 27.3 Å². The number of thiophene rings is 1. The lowest BCUT2D eigenvalue weighted by Crippen LogP contribution is -2.11. The van der Waals surface area contributed by atoms with Crippen LogP contribution in [0.4, 0.5) is 5.69 Å². The summed E-state index contributed by atoms with van der Waals surface area (Å²) < 4.78 is 6.69. The highest BCUT2D eigenvalue weighted by Crippen LogP contribution is 2.36. The molecule has 3 heterocycles. The van der Waals surface area contributed by atoms with E-state index in [4.69, 9.17) is 4.42 Å². The molecule has 0 fully saturated rings. The lowest BCUT2D eigenvalue weighted by molar-refractivity contribution is 0.103. The van der Waals surface area contributed by atoms with E-state index in [1.807, 2.05) is 60.7 Å². The van der Waals surface area contributed by atoms with Crippen molar-refractivity contribution in [2.75, 3.05) is 5.32 Å². The van der Waals surface area contributed by atoms with Gasteiger partial charge in [-0.25, -0.2) is 4.98 Å². The van der Waals surface area contributed by atoms with Crippen LogP contribution < -0.4 is 5.32 Å². The van der Waals surface area contributed by atoms with Gasteiger partial charge < -0.3 is 9.73 Å². The number of oxazole rings is 1. The smallest absolute Gasteiger partial charge is 0.266 e. The van der Waals surface area contributed by atoms with Crippen LogP contribution in [0.2, 0.25) is 0 Å². The van der Waals surface area contributed by atoms with E-state index in [2.05, 4.69) is 31.2 Å². The van der Waals surface area contributed by atoms with Crippen LogP contribution in [0, 0.1) is 0 Å². The van der Waals surface area contributed by atoms with Crippen molar-refractivity contribution in [3.63, 3.8) is 0 Å². The molecule has 28 heavy (non-hydrogen) atoms. The molecular weight excluding hydrogens is 438 g/mol. The molecule has 0 radical (unpaired) electrons. The Balaban J connectivity index is 1.55. The van der Waals surface area contributed by atoms with Gasteiger partial charge in [0.25, 0.3) is 5.91 Å². The molecule has 0 spiro atoms. The van der Waals surface area contributed by atoms with Crippen molar-refractivity contribution < 1.29 is 9.21 Å². The summed E-state index contributed by atoms with van der Waals surface area (Å²) in [4.78, 5) is 22.5. The highest BCUT2D eigenvalue weighted by molar-refractivity contribution is 9.11. The molecule has 0 saturated heterocycles.